The molecule has 0 spiro atoms. The van der Waals surface area contributed by atoms with Crippen LogP contribution < -0.4 is 14.8 Å². The molecule has 2 aromatic heterocycles. The molecule has 182 valence electrons. The van der Waals surface area contributed by atoms with E-state index in [1.807, 2.05) is 25.1 Å². The summed E-state index contributed by atoms with van der Waals surface area (Å²) in [5.74, 6) is 1.05. The lowest BCUT2D eigenvalue weighted by atomic mass is 9.85. The first-order valence-corrected chi connectivity index (χ1v) is 11.3. The summed E-state index contributed by atoms with van der Waals surface area (Å²) in [6, 6.07) is 11.5. The monoisotopic (exact) mass is 486 g/mol. The van der Waals surface area contributed by atoms with Crippen molar-refractivity contribution in [1.29, 1.82) is 0 Å². The van der Waals surface area contributed by atoms with Crippen LogP contribution >= 0.6 is 0 Å². The van der Waals surface area contributed by atoms with E-state index in [-0.39, 0.29) is 30.0 Å². The van der Waals surface area contributed by atoms with E-state index in [0.717, 1.165) is 16.8 Å². The van der Waals surface area contributed by atoms with Gasteiger partial charge in [0, 0.05) is 23.5 Å². The predicted molar refractivity (Wildman–Crippen MR) is 131 cm³/mol. The van der Waals surface area contributed by atoms with Crippen molar-refractivity contribution in [1.82, 2.24) is 25.0 Å². The van der Waals surface area contributed by atoms with Crippen LogP contribution in [0.25, 0.3) is 17.2 Å². The van der Waals surface area contributed by atoms with E-state index in [0.29, 0.717) is 35.2 Å². The zero-order chi connectivity index (χ0) is 25.2. The molecule has 36 heavy (non-hydrogen) atoms. The maximum atomic E-state index is 13.4. The molecule has 10 heteroatoms. The molecular weight excluding hydrogens is 463 g/mol. The molecule has 2 aromatic carbocycles. The van der Waals surface area contributed by atoms with Gasteiger partial charge in [0.2, 0.25) is 5.91 Å². The molecule has 1 atom stereocenters. The van der Waals surface area contributed by atoms with Gasteiger partial charge in [-0.3, -0.25) is 4.79 Å². The summed E-state index contributed by atoms with van der Waals surface area (Å²) in [5.41, 5.74) is 3.64. The second kappa shape index (κ2) is 9.57. The van der Waals surface area contributed by atoms with Crippen molar-refractivity contribution < 1.29 is 18.7 Å². The highest BCUT2D eigenvalue weighted by Gasteiger charge is 2.33. The second-order valence-electron chi connectivity index (χ2n) is 8.22. The standard InChI is InChI=1S/C26H23FN6O3/c1-4-11-36-21-10-7-17(12-22(21)35-3)19-13-23(34)30-25-24(19)15(2)32-33(25)26-29-20(14-28-31-26)16-5-8-18(27)9-6-16/h4-10,12,14,19H,1,11,13H2,2-3H3,(H,30,34)/t19-/m1/s1. The average Bonchev–Trinajstić information content (AvgIpc) is 3.23. The number of rotatable bonds is 7. The Labute approximate surface area is 206 Å². The number of hydrogen-bond donors (Lipinski definition) is 1. The van der Waals surface area contributed by atoms with E-state index in [9.17, 15) is 9.18 Å². The van der Waals surface area contributed by atoms with Gasteiger partial charge >= 0.3 is 0 Å². The molecule has 0 aliphatic carbocycles. The first kappa shape index (κ1) is 23.2. The summed E-state index contributed by atoms with van der Waals surface area (Å²) in [6.07, 6.45) is 3.39. The van der Waals surface area contributed by atoms with Crippen LogP contribution in [0.15, 0.2) is 61.3 Å². The topological polar surface area (TPSA) is 104 Å². The van der Waals surface area contributed by atoms with Crippen molar-refractivity contribution in [3.63, 3.8) is 0 Å². The van der Waals surface area contributed by atoms with Gasteiger partial charge in [-0.15, -0.1) is 5.10 Å². The molecule has 1 N–H and O–H groups in total. The van der Waals surface area contributed by atoms with E-state index in [2.05, 4.69) is 32.2 Å². The number of anilines is 1. The third kappa shape index (κ3) is 4.28. The van der Waals surface area contributed by atoms with E-state index in [1.54, 1.807) is 25.3 Å². The number of benzene rings is 2. The molecule has 5 rings (SSSR count). The molecule has 9 nitrogen and oxygen atoms in total. The summed E-state index contributed by atoms with van der Waals surface area (Å²) < 4.78 is 26.0. The van der Waals surface area contributed by atoms with Gasteiger partial charge < -0.3 is 14.8 Å². The molecule has 0 unspecified atom stereocenters. The maximum absolute atomic E-state index is 13.4. The van der Waals surface area contributed by atoms with Crippen LogP contribution in [-0.4, -0.2) is 44.6 Å². The van der Waals surface area contributed by atoms with Crippen molar-refractivity contribution in [2.75, 3.05) is 19.0 Å². The molecule has 0 saturated heterocycles. The number of carbonyl (C=O) groups excluding carboxylic acids is 1. The lowest BCUT2D eigenvalue weighted by Crippen LogP contribution is -2.25. The Bertz CT molecular complexity index is 1450. The van der Waals surface area contributed by atoms with Gasteiger partial charge in [0.15, 0.2) is 11.5 Å². The van der Waals surface area contributed by atoms with Gasteiger partial charge in [-0.1, -0.05) is 18.7 Å². The molecule has 0 bridgehead atoms. The lowest BCUT2D eigenvalue weighted by molar-refractivity contribution is -0.116. The smallest absolute Gasteiger partial charge is 0.272 e. The molecule has 3 heterocycles. The highest BCUT2D eigenvalue weighted by atomic mass is 19.1. The third-order valence-corrected chi connectivity index (χ3v) is 5.93. The number of carbonyl (C=O) groups is 1. The number of fused-ring (bicyclic) bond motifs is 1. The minimum Gasteiger partial charge on any atom is -0.493 e. The van der Waals surface area contributed by atoms with Crippen molar-refractivity contribution >= 4 is 11.7 Å². The maximum Gasteiger partial charge on any atom is 0.272 e. The summed E-state index contributed by atoms with van der Waals surface area (Å²) in [4.78, 5) is 17.3. The van der Waals surface area contributed by atoms with Crippen molar-refractivity contribution in [3.05, 3.63) is 84.0 Å². The van der Waals surface area contributed by atoms with E-state index >= 15 is 0 Å². The fourth-order valence-electron chi connectivity index (χ4n) is 4.29. The SMILES string of the molecule is C=CCOc1ccc([C@H]2CC(=O)Nc3c2c(C)nn3-c2nncc(-c3ccc(F)cc3)n2)cc1OC. The predicted octanol–water partition coefficient (Wildman–Crippen LogP) is 4.22. The first-order chi connectivity index (χ1) is 17.5. The number of aryl methyl sites for hydroxylation is 1. The highest BCUT2D eigenvalue weighted by Crippen LogP contribution is 2.42. The lowest BCUT2D eigenvalue weighted by Gasteiger charge is -2.25. The fraction of sp³-hybridized carbons (Fsp3) is 0.192. The van der Waals surface area contributed by atoms with Crippen LogP contribution in [0.5, 0.6) is 11.5 Å². The van der Waals surface area contributed by atoms with Crippen LogP contribution in [-0.2, 0) is 4.79 Å². The van der Waals surface area contributed by atoms with Crippen LogP contribution in [0.4, 0.5) is 10.2 Å². The molecule has 0 radical (unpaired) electrons. The molecule has 1 amide bonds. The van der Waals surface area contributed by atoms with Crippen LogP contribution in [0.1, 0.15) is 29.2 Å². The normalized spacial score (nSPS) is 14.6. The Morgan fingerprint density at radius 3 is 2.78 bits per heavy atom. The Morgan fingerprint density at radius 1 is 1.22 bits per heavy atom. The number of halogens is 1. The van der Waals surface area contributed by atoms with Gasteiger partial charge in [0.05, 0.1) is 24.7 Å². The number of hydrogen-bond acceptors (Lipinski definition) is 7. The Balaban J connectivity index is 1.56. The minimum absolute atomic E-state index is 0.165. The second-order valence-corrected chi connectivity index (χ2v) is 8.22. The number of aromatic nitrogens is 5. The summed E-state index contributed by atoms with van der Waals surface area (Å²) in [7, 11) is 1.57. The van der Waals surface area contributed by atoms with Crippen molar-refractivity contribution in [3.8, 4) is 28.7 Å². The molecule has 0 saturated carbocycles. The van der Waals surface area contributed by atoms with Gasteiger partial charge in [-0.05, 0) is 48.9 Å². The van der Waals surface area contributed by atoms with Gasteiger partial charge in [0.25, 0.3) is 5.95 Å². The molecule has 1 aliphatic rings. The van der Waals surface area contributed by atoms with Gasteiger partial charge in [0.1, 0.15) is 18.2 Å². The number of methoxy groups -OCH3 is 1. The largest absolute Gasteiger partial charge is 0.493 e. The van der Waals surface area contributed by atoms with Gasteiger partial charge in [-0.2, -0.15) is 14.9 Å². The number of nitrogens with zero attached hydrogens (tertiary/aromatic N) is 5. The molecule has 1 aliphatic heterocycles. The Kier molecular flexibility index (Phi) is 6.16. The average molecular weight is 487 g/mol. The highest BCUT2D eigenvalue weighted by molar-refractivity contribution is 5.95. The Morgan fingerprint density at radius 2 is 2.03 bits per heavy atom. The fourth-order valence-corrected chi connectivity index (χ4v) is 4.29. The van der Waals surface area contributed by atoms with E-state index in [1.165, 1.54) is 23.0 Å². The van der Waals surface area contributed by atoms with E-state index < -0.39 is 0 Å². The minimum atomic E-state index is -0.344. The summed E-state index contributed by atoms with van der Waals surface area (Å²) in [5, 5.41) is 15.7. The molecular formula is C26H23FN6O3. The zero-order valence-electron chi connectivity index (χ0n) is 19.7. The summed E-state index contributed by atoms with van der Waals surface area (Å²) in [6.45, 7) is 5.89. The number of ether oxygens (including phenoxy) is 2. The zero-order valence-corrected chi connectivity index (χ0v) is 19.7. The first-order valence-electron chi connectivity index (χ1n) is 11.3. The quantitative estimate of drug-likeness (QED) is 0.390. The van der Waals surface area contributed by atoms with Crippen molar-refractivity contribution in [2.24, 2.45) is 0 Å². The summed E-state index contributed by atoms with van der Waals surface area (Å²) >= 11 is 0. The third-order valence-electron chi connectivity index (χ3n) is 5.93. The number of nitrogens with one attached hydrogen (secondary N) is 1. The molecule has 0 fully saturated rings. The van der Waals surface area contributed by atoms with Crippen LogP contribution in [0, 0.1) is 12.7 Å². The van der Waals surface area contributed by atoms with Gasteiger partial charge in [-0.25, -0.2) is 9.37 Å². The van der Waals surface area contributed by atoms with E-state index in [4.69, 9.17) is 9.47 Å². The van der Waals surface area contributed by atoms with Crippen LogP contribution in [0.3, 0.4) is 0 Å². The molecule has 4 aromatic rings. The Hall–Kier alpha value is -4.60. The number of amides is 1. The van der Waals surface area contributed by atoms with Crippen LogP contribution in [0.2, 0.25) is 0 Å². The van der Waals surface area contributed by atoms with Crippen molar-refractivity contribution in [2.45, 2.75) is 19.3 Å².